The van der Waals surface area contributed by atoms with Crippen LogP contribution >= 0.6 is 0 Å². The summed E-state index contributed by atoms with van der Waals surface area (Å²) in [5, 5.41) is 3.84. The van der Waals surface area contributed by atoms with Gasteiger partial charge in [-0.1, -0.05) is 65.7 Å². The predicted octanol–water partition coefficient (Wildman–Crippen LogP) is 5.72. The lowest BCUT2D eigenvalue weighted by atomic mass is 9.95. The maximum Gasteiger partial charge on any atom is 0.0751 e. The van der Waals surface area contributed by atoms with Gasteiger partial charge in [0.2, 0.25) is 0 Å². The molecule has 1 aliphatic heterocycles. The number of benzene rings is 2. The van der Waals surface area contributed by atoms with Gasteiger partial charge in [0.1, 0.15) is 0 Å². The highest BCUT2D eigenvalue weighted by Gasteiger charge is 2.21. The van der Waals surface area contributed by atoms with E-state index < -0.39 is 0 Å². The topological polar surface area (TPSA) is 28.2 Å². The lowest BCUT2D eigenvalue weighted by Crippen LogP contribution is -2.38. The molecule has 1 fully saturated rings. The standard InChI is InChI=1S/C29H37N3/c1-23-8-12-25(13-9-23)6-5-19-32-20-16-26(17-21-32)22-31-29(28-7-3-4-18-30-28)27-14-10-24(2)11-15-27/h3-4,7-15,18,26,29,31H,5-6,16-17,19-22H2,1-2H3. The van der Waals surface area contributed by atoms with Crippen LogP contribution in [-0.2, 0) is 6.42 Å². The van der Waals surface area contributed by atoms with Gasteiger partial charge in [0.25, 0.3) is 0 Å². The Morgan fingerprint density at radius 2 is 1.59 bits per heavy atom. The van der Waals surface area contributed by atoms with Crippen LogP contribution in [0.4, 0.5) is 0 Å². The molecule has 2 heterocycles. The molecule has 1 unspecified atom stereocenters. The Labute approximate surface area is 193 Å². The molecule has 3 nitrogen and oxygen atoms in total. The van der Waals surface area contributed by atoms with E-state index in [4.69, 9.17) is 0 Å². The Hall–Kier alpha value is -2.49. The fourth-order valence-electron chi connectivity index (χ4n) is 4.66. The smallest absolute Gasteiger partial charge is 0.0751 e. The van der Waals surface area contributed by atoms with Crippen molar-refractivity contribution in [2.45, 2.75) is 45.6 Å². The Balaban J connectivity index is 1.24. The number of rotatable bonds is 9. The summed E-state index contributed by atoms with van der Waals surface area (Å²) >= 11 is 0. The van der Waals surface area contributed by atoms with Gasteiger partial charge >= 0.3 is 0 Å². The highest BCUT2D eigenvalue weighted by Crippen LogP contribution is 2.23. The van der Waals surface area contributed by atoms with Crippen molar-refractivity contribution in [3.63, 3.8) is 0 Å². The maximum atomic E-state index is 4.65. The molecular formula is C29H37N3. The third kappa shape index (κ3) is 6.51. The molecular weight excluding hydrogens is 390 g/mol. The Morgan fingerprint density at radius 3 is 2.25 bits per heavy atom. The van der Waals surface area contributed by atoms with E-state index in [2.05, 4.69) is 89.7 Å². The molecule has 0 aliphatic carbocycles. The fourth-order valence-corrected chi connectivity index (χ4v) is 4.66. The highest BCUT2D eigenvalue weighted by atomic mass is 15.1. The minimum atomic E-state index is 0.157. The summed E-state index contributed by atoms with van der Waals surface area (Å²) in [6.07, 6.45) is 6.89. The van der Waals surface area contributed by atoms with Gasteiger partial charge in [-0.15, -0.1) is 0 Å². The normalized spacial score (nSPS) is 16.2. The molecule has 1 atom stereocenters. The summed E-state index contributed by atoms with van der Waals surface area (Å²) in [5.41, 5.74) is 6.50. The van der Waals surface area contributed by atoms with Crippen molar-refractivity contribution in [1.82, 2.24) is 15.2 Å². The lowest BCUT2D eigenvalue weighted by Gasteiger charge is -2.33. The molecule has 0 saturated carbocycles. The van der Waals surface area contributed by atoms with Crippen LogP contribution in [0.1, 0.15) is 53.3 Å². The molecule has 0 spiro atoms. The summed E-state index contributed by atoms with van der Waals surface area (Å²) in [7, 11) is 0. The van der Waals surface area contributed by atoms with E-state index in [1.165, 1.54) is 67.6 Å². The molecule has 0 bridgehead atoms. The fraction of sp³-hybridized carbons (Fsp3) is 0.414. The van der Waals surface area contributed by atoms with Crippen LogP contribution in [0, 0.1) is 19.8 Å². The zero-order chi connectivity index (χ0) is 22.2. The van der Waals surface area contributed by atoms with Crippen molar-refractivity contribution in [3.8, 4) is 0 Å². The summed E-state index contributed by atoms with van der Waals surface area (Å²) in [4.78, 5) is 7.30. The minimum absolute atomic E-state index is 0.157. The molecule has 0 radical (unpaired) electrons. The number of nitrogens with zero attached hydrogens (tertiary/aromatic N) is 2. The van der Waals surface area contributed by atoms with Gasteiger partial charge in [0, 0.05) is 6.20 Å². The van der Waals surface area contributed by atoms with Crippen molar-refractivity contribution in [2.75, 3.05) is 26.2 Å². The highest BCUT2D eigenvalue weighted by molar-refractivity contribution is 5.30. The van der Waals surface area contributed by atoms with Crippen molar-refractivity contribution in [2.24, 2.45) is 5.92 Å². The van der Waals surface area contributed by atoms with Crippen LogP contribution in [0.15, 0.2) is 72.9 Å². The van der Waals surface area contributed by atoms with E-state index in [9.17, 15) is 0 Å². The number of likely N-dealkylation sites (tertiary alicyclic amines) is 1. The average molecular weight is 428 g/mol. The van der Waals surface area contributed by atoms with Gasteiger partial charge in [0.05, 0.1) is 11.7 Å². The molecule has 32 heavy (non-hydrogen) atoms. The van der Waals surface area contributed by atoms with Crippen LogP contribution in [0.3, 0.4) is 0 Å². The number of aromatic nitrogens is 1. The van der Waals surface area contributed by atoms with Gasteiger partial charge in [-0.3, -0.25) is 4.98 Å². The molecule has 3 aromatic rings. The van der Waals surface area contributed by atoms with E-state index in [1.807, 2.05) is 12.3 Å². The Kier molecular flexibility index (Phi) is 8.08. The number of pyridine rings is 1. The van der Waals surface area contributed by atoms with Gasteiger partial charge in [-0.2, -0.15) is 0 Å². The van der Waals surface area contributed by atoms with Crippen LogP contribution < -0.4 is 5.32 Å². The van der Waals surface area contributed by atoms with Crippen LogP contribution in [0.2, 0.25) is 0 Å². The molecule has 0 amide bonds. The summed E-state index contributed by atoms with van der Waals surface area (Å²) in [6, 6.07) is 24.2. The van der Waals surface area contributed by atoms with Crippen molar-refractivity contribution < 1.29 is 0 Å². The Bertz CT molecular complexity index is 926. The second-order valence-electron chi connectivity index (χ2n) is 9.38. The Morgan fingerprint density at radius 1 is 0.906 bits per heavy atom. The first-order valence-electron chi connectivity index (χ1n) is 12.2. The zero-order valence-electron chi connectivity index (χ0n) is 19.6. The first kappa shape index (κ1) is 22.7. The largest absolute Gasteiger partial charge is 0.305 e. The van der Waals surface area contributed by atoms with Gasteiger partial charge in [-0.25, -0.2) is 0 Å². The average Bonchev–Trinajstić information content (AvgIpc) is 2.83. The molecule has 168 valence electrons. The number of hydrogen-bond acceptors (Lipinski definition) is 3. The third-order valence-corrected chi connectivity index (χ3v) is 6.77. The van der Waals surface area contributed by atoms with E-state index in [0.29, 0.717) is 0 Å². The maximum absolute atomic E-state index is 4.65. The summed E-state index contributed by atoms with van der Waals surface area (Å²) in [5.74, 6) is 0.736. The molecule has 1 aliphatic rings. The van der Waals surface area contributed by atoms with Crippen LogP contribution in [0.25, 0.3) is 0 Å². The summed E-state index contributed by atoms with van der Waals surface area (Å²) < 4.78 is 0. The zero-order valence-corrected chi connectivity index (χ0v) is 19.6. The van der Waals surface area contributed by atoms with Crippen LogP contribution in [-0.4, -0.2) is 36.1 Å². The first-order valence-corrected chi connectivity index (χ1v) is 12.2. The van der Waals surface area contributed by atoms with Gasteiger partial charge < -0.3 is 10.2 Å². The van der Waals surface area contributed by atoms with Crippen molar-refractivity contribution in [1.29, 1.82) is 0 Å². The third-order valence-electron chi connectivity index (χ3n) is 6.77. The lowest BCUT2D eigenvalue weighted by molar-refractivity contribution is 0.179. The molecule has 3 heteroatoms. The number of aryl methyl sites for hydroxylation is 3. The molecule has 4 rings (SSSR count). The molecule has 2 aromatic carbocycles. The monoisotopic (exact) mass is 427 g/mol. The number of hydrogen-bond donors (Lipinski definition) is 1. The van der Waals surface area contributed by atoms with Crippen molar-refractivity contribution >= 4 is 0 Å². The first-order chi connectivity index (χ1) is 15.7. The van der Waals surface area contributed by atoms with Gasteiger partial charge in [-0.05, 0) is 94.9 Å². The minimum Gasteiger partial charge on any atom is -0.305 e. The molecule has 1 N–H and O–H groups in total. The van der Waals surface area contributed by atoms with E-state index in [-0.39, 0.29) is 6.04 Å². The second-order valence-corrected chi connectivity index (χ2v) is 9.38. The van der Waals surface area contributed by atoms with E-state index >= 15 is 0 Å². The number of nitrogens with one attached hydrogen (secondary N) is 1. The predicted molar refractivity (Wildman–Crippen MR) is 134 cm³/mol. The summed E-state index contributed by atoms with van der Waals surface area (Å²) in [6.45, 7) is 9.00. The molecule has 1 aromatic heterocycles. The second kappa shape index (κ2) is 11.4. The van der Waals surface area contributed by atoms with Gasteiger partial charge in [0.15, 0.2) is 0 Å². The number of piperidine rings is 1. The quantitative estimate of drug-likeness (QED) is 0.473. The van der Waals surface area contributed by atoms with Crippen molar-refractivity contribution in [3.05, 3.63) is 101 Å². The van der Waals surface area contributed by atoms with Crippen LogP contribution in [0.5, 0.6) is 0 Å². The van der Waals surface area contributed by atoms with E-state index in [0.717, 1.165) is 18.2 Å². The molecule has 1 saturated heterocycles. The van der Waals surface area contributed by atoms with E-state index in [1.54, 1.807) is 0 Å². The SMILES string of the molecule is Cc1ccc(CCCN2CCC(CNC(c3ccc(C)cc3)c3ccccn3)CC2)cc1.